The summed E-state index contributed by atoms with van der Waals surface area (Å²) in [6.07, 6.45) is 0.625. The minimum absolute atomic E-state index is 0.285. The van der Waals surface area contributed by atoms with E-state index in [4.69, 9.17) is 40.0 Å². The van der Waals surface area contributed by atoms with E-state index in [-0.39, 0.29) is 6.61 Å². The number of hydrogen-bond donors (Lipinski definition) is 0. The molecule has 6 nitrogen and oxygen atoms in total. The van der Waals surface area contributed by atoms with E-state index in [1.165, 1.54) is 5.56 Å². The summed E-state index contributed by atoms with van der Waals surface area (Å²) in [6, 6.07) is 55.6. The Hall–Kier alpha value is -4.89. The third-order valence-corrected chi connectivity index (χ3v) is 10.8. The SMILES string of the molecule is C=CCOCCc1ccc(Cc2cc([C@@H]3O[C@H](COCc4ccccc4)[C@@H](OCc4ccccc4)[C@H](OCc4ccccc4)[C@H]3OCc3ccccc3)ccc2Cl)cc1. The molecule has 0 unspecified atom stereocenters. The van der Waals surface area contributed by atoms with Gasteiger partial charge in [-0.25, -0.2) is 0 Å². The smallest absolute Gasteiger partial charge is 0.117 e. The van der Waals surface area contributed by atoms with Gasteiger partial charge in [-0.2, -0.15) is 0 Å². The van der Waals surface area contributed by atoms with Crippen LogP contribution in [0.1, 0.15) is 50.6 Å². The molecule has 6 aromatic carbocycles. The van der Waals surface area contributed by atoms with Crippen molar-refractivity contribution in [3.63, 3.8) is 0 Å². The molecule has 1 aliphatic rings. The van der Waals surface area contributed by atoms with Crippen molar-refractivity contribution in [2.45, 2.75) is 69.8 Å². The van der Waals surface area contributed by atoms with Gasteiger partial charge >= 0.3 is 0 Å². The lowest BCUT2D eigenvalue weighted by molar-refractivity contribution is -0.275. The monoisotopic (exact) mass is 808 g/mol. The van der Waals surface area contributed by atoms with Crippen LogP contribution in [0, 0.1) is 0 Å². The molecule has 1 aliphatic heterocycles. The fourth-order valence-corrected chi connectivity index (χ4v) is 7.55. The van der Waals surface area contributed by atoms with E-state index in [2.05, 4.69) is 85.4 Å². The van der Waals surface area contributed by atoms with Crippen molar-refractivity contribution in [1.82, 2.24) is 0 Å². The molecule has 59 heavy (non-hydrogen) atoms. The van der Waals surface area contributed by atoms with Gasteiger partial charge in [-0.1, -0.05) is 175 Å². The second kappa shape index (κ2) is 22.5. The van der Waals surface area contributed by atoms with Gasteiger partial charge < -0.3 is 28.4 Å². The van der Waals surface area contributed by atoms with Gasteiger partial charge in [0.25, 0.3) is 0 Å². The van der Waals surface area contributed by atoms with Crippen LogP contribution in [0.4, 0.5) is 0 Å². The largest absolute Gasteiger partial charge is 0.377 e. The lowest BCUT2D eigenvalue weighted by Gasteiger charge is -2.46. The summed E-state index contributed by atoms with van der Waals surface area (Å²) in [5.41, 5.74) is 8.57. The van der Waals surface area contributed by atoms with E-state index in [1.54, 1.807) is 6.08 Å². The Balaban J connectivity index is 1.22. The Morgan fingerprint density at radius 1 is 0.525 bits per heavy atom. The first kappa shape index (κ1) is 42.2. The van der Waals surface area contributed by atoms with E-state index in [0.29, 0.717) is 51.1 Å². The van der Waals surface area contributed by atoms with Crippen molar-refractivity contribution in [3.8, 4) is 0 Å². The molecule has 0 radical (unpaired) electrons. The van der Waals surface area contributed by atoms with Gasteiger partial charge in [0.15, 0.2) is 0 Å². The molecule has 7 rings (SSSR count). The molecular formula is C52H53ClO6. The number of halogens is 1. The summed E-state index contributed by atoms with van der Waals surface area (Å²) in [5, 5.41) is 0.692. The first-order valence-electron chi connectivity index (χ1n) is 20.4. The highest BCUT2D eigenvalue weighted by Crippen LogP contribution is 2.40. The van der Waals surface area contributed by atoms with E-state index < -0.39 is 30.5 Å². The molecule has 0 spiro atoms. The van der Waals surface area contributed by atoms with Gasteiger partial charge in [0.1, 0.15) is 30.5 Å². The van der Waals surface area contributed by atoms with E-state index in [9.17, 15) is 0 Å². The van der Waals surface area contributed by atoms with Gasteiger partial charge in [0, 0.05) is 5.02 Å². The predicted molar refractivity (Wildman–Crippen MR) is 234 cm³/mol. The molecule has 0 N–H and O–H groups in total. The average molecular weight is 809 g/mol. The van der Waals surface area contributed by atoms with Crippen molar-refractivity contribution in [3.05, 3.63) is 226 Å². The number of hydrogen-bond acceptors (Lipinski definition) is 6. The lowest BCUT2D eigenvalue weighted by Crippen LogP contribution is -2.58. The van der Waals surface area contributed by atoms with Crippen molar-refractivity contribution >= 4 is 11.6 Å². The maximum Gasteiger partial charge on any atom is 0.117 e. The molecule has 5 atom stereocenters. The van der Waals surface area contributed by atoms with Crippen LogP contribution in [-0.4, -0.2) is 44.2 Å². The van der Waals surface area contributed by atoms with Crippen LogP contribution in [0.15, 0.2) is 176 Å². The van der Waals surface area contributed by atoms with Crippen molar-refractivity contribution in [2.24, 2.45) is 0 Å². The molecule has 1 heterocycles. The number of benzene rings is 6. The summed E-state index contributed by atoms with van der Waals surface area (Å²) in [4.78, 5) is 0. The van der Waals surface area contributed by atoms with Gasteiger partial charge in [-0.3, -0.25) is 0 Å². The molecule has 0 bridgehead atoms. The Labute approximate surface area is 354 Å². The van der Waals surface area contributed by atoms with Crippen LogP contribution >= 0.6 is 11.6 Å². The highest BCUT2D eigenvalue weighted by molar-refractivity contribution is 6.31. The van der Waals surface area contributed by atoms with E-state index in [1.807, 2.05) is 84.9 Å². The highest BCUT2D eigenvalue weighted by Gasteiger charge is 2.49. The first-order chi connectivity index (χ1) is 29.1. The van der Waals surface area contributed by atoms with Gasteiger partial charge in [0.2, 0.25) is 0 Å². The summed E-state index contributed by atoms with van der Waals surface area (Å²) in [7, 11) is 0. The van der Waals surface area contributed by atoms with Crippen molar-refractivity contribution < 1.29 is 28.4 Å². The third kappa shape index (κ3) is 12.6. The molecule has 304 valence electrons. The topological polar surface area (TPSA) is 55.4 Å². The Morgan fingerprint density at radius 3 is 1.59 bits per heavy atom. The molecule has 0 aromatic heterocycles. The summed E-state index contributed by atoms with van der Waals surface area (Å²) < 4.78 is 40.1. The number of rotatable bonds is 21. The Morgan fingerprint density at radius 2 is 1.03 bits per heavy atom. The standard InChI is InChI=1S/C52H53ClO6/c1-2-30-54-31-29-39-23-25-40(26-24-39)32-46-33-45(27-28-47(46)53)49-51(57-36-43-19-11-5-12-20-43)52(58-37-44-21-13-6-14-22-44)50(56-35-42-17-9-4-10-18-42)48(59-49)38-55-34-41-15-7-3-8-16-41/h2-28,33,48-52H,1,29-32,34-38H2/t48-,49+,50-,51+,52+/m1/s1. The summed E-state index contributed by atoms with van der Waals surface area (Å²) in [6.45, 7) is 6.76. The second-order valence-corrected chi connectivity index (χ2v) is 15.2. The van der Waals surface area contributed by atoms with Gasteiger partial charge in [-0.15, -0.1) is 6.58 Å². The molecule has 1 saturated heterocycles. The summed E-state index contributed by atoms with van der Waals surface area (Å²) in [5.74, 6) is 0. The average Bonchev–Trinajstić information content (AvgIpc) is 3.28. The van der Waals surface area contributed by atoms with Crippen LogP contribution in [0.25, 0.3) is 0 Å². The van der Waals surface area contributed by atoms with E-state index in [0.717, 1.165) is 45.4 Å². The normalized spacial score (nSPS) is 19.0. The van der Waals surface area contributed by atoms with Crippen molar-refractivity contribution in [1.29, 1.82) is 0 Å². The molecule has 7 heteroatoms. The van der Waals surface area contributed by atoms with E-state index >= 15 is 0 Å². The maximum atomic E-state index is 7.19. The van der Waals surface area contributed by atoms with Crippen LogP contribution in [0.5, 0.6) is 0 Å². The Kier molecular flexibility index (Phi) is 16.1. The minimum Gasteiger partial charge on any atom is -0.377 e. The molecular weight excluding hydrogens is 756 g/mol. The third-order valence-electron chi connectivity index (χ3n) is 10.5. The molecule has 0 amide bonds. The zero-order valence-corrected chi connectivity index (χ0v) is 34.2. The zero-order chi connectivity index (χ0) is 40.5. The fourth-order valence-electron chi connectivity index (χ4n) is 7.37. The van der Waals surface area contributed by atoms with Crippen LogP contribution in [-0.2, 0) is 67.7 Å². The predicted octanol–water partition coefficient (Wildman–Crippen LogP) is 11.1. The maximum absolute atomic E-state index is 7.19. The van der Waals surface area contributed by atoms with Gasteiger partial charge in [-0.05, 0) is 63.4 Å². The lowest BCUT2D eigenvalue weighted by atomic mass is 9.89. The number of ether oxygens (including phenoxy) is 6. The molecule has 1 fully saturated rings. The Bertz CT molecular complexity index is 2110. The fraction of sp³-hybridized carbons (Fsp3) is 0.269. The van der Waals surface area contributed by atoms with Crippen LogP contribution in [0.3, 0.4) is 0 Å². The van der Waals surface area contributed by atoms with Crippen LogP contribution < -0.4 is 0 Å². The van der Waals surface area contributed by atoms with Crippen molar-refractivity contribution in [2.75, 3.05) is 19.8 Å². The summed E-state index contributed by atoms with van der Waals surface area (Å²) >= 11 is 6.96. The zero-order valence-electron chi connectivity index (χ0n) is 33.5. The first-order valence-corrected chi connectivity index (χ1v) is 20.8. The molecule has 6 aromatic rings. The highest BCUT2D eigenvalue weighted by atomic mass is 35.5. The molecule has 0 saturated carbocycles. The minimum atomic E-state index is -0.554. The molecule has 0 aliphatic carbocycles. The second-order valence-electron chi connectivity index (χ2n) is 14.8. The van der Waals surface area contributed by atoms with Crippen LogP contribution in [0.2, 0.25) is 5.02 Å². The quantitative estimate of drug-likeness (QED) is 0.0533. The van der Waals surface area contributed by atoms with Gasteiger partial charge in [0.05, 0.1) is 46.2 Å².